The molecule has 0 saturated carbocycles. The molecule has 23 heavy (non-hydrogen) atoms. The molecule has 2 heterocycles. The summed E-state index contributed by atoms with van der Waals surface area (Å²) in [5, 5.41) is 3.42. The number of nitrogens with zero attached hydrogens (tertiary/aromatic N) is 3. The molecule has 0 radical (unpaired) electrons. The molecule has 5 nitrogen and oxygen atoms in total. The van der Waals surface area contributed by atoms with Gasteiger partial charge in [-0.2, -0.15) is 0 Å². The van der Waals surface area contributed by atoms with Crippen LogP contribution in [-0.4, -0.2) is 27.9 Å². The molecule has 3 aromatic rings. The van der Waals surface area contributed by atoms with Crippen molar-refractivity contribution in [2.75, 3.05) is 12.4 Å². The van der Waals surface area contributed by atoms with E-state index in [2.05, 4.69) is 15.3 Å². The van der Waals surface area contributed by atoms with Gasteiger partial charge in [-0.05, 0) is 17.2 Å². The number of urea groups is 1. The predicted octanol–water partition coefficient (Wildman–Crippen LogP) is 3.87. The number of nitrogens with one attached hydrogen (secondary N) is 1. The lowest BCUT2D eigenvalue weighted by Crippen LogP contribution is -2.30. The van der Waals surface area contributed by atoms with Gasteiger partial charge in [0.05, 0.1) is 4.88 Å². The van der Waals surface area contributed by atoms with Crippen LogP contribution in [0.4, 0.5) is 9.93 Å². The molecule has 0 atom stereocenters. The number of hydrogen-bond donors (Lipinski definition) is 1. The van der Waals surface area contributed by atoms with Crippen LogP contribution in [0.15, 0.2) is 61.1 Å². The Labute approximate surface area is 138 Å². The molecule has 0 fully saturated rings. The normalized spacial score (nSPS) is 10.3. The largest absolute Gasteiger partial charge is 0.323 e. The van der Waals surface area contributed by atoms with Crippen molar-refractivity contribution >= 4 is 22.5 Å². The molecule has 0 aliphatic carbocycles. The van der Waals surface area contributed by atoms with Gasteiger partial charge in [0.25, 0.3) is 0 Å². The predicted molar refractivity (Wildman–Crippen MR) is 92.3 cm³/mol. The molecule has 116 valence electrons. The first-order chi connectivity index (χ1) is 11.2. The maximum atomic E-state index is 12.2. The molecule has 2 aromatic heterocycles. The lowest BCUT2D eigenvalue weighted by atomic mass is 10.2. The number of carbonyl (C=O) groups is 1. The summed E-state index contributed by atoms with van der Waals surface area (Å²) in [6.45, 7) is 0.497. The number of amides is 2. The Morgan fingerprint density at radius 1 is 1.17 bits per heavy atom. The SMILES string of the molecule is CN(Cc1cccnc1)C(=O)Nc1ncc(-c2ccccc2)s1. The molecule has 0 saturated heterocycles. The Kier molecular flexibility index (Phi) is 4.63. The number of benzene rings is 1. The Morgan fingerprint density at radius 3 is 2.74 bits per heavy atom. The van der Waals surface area contributed by atoms with Crippen LogP contribution >= 0.6 is 11.3 Å². The zero-order chi connectivity index (χ0) is 16.1. The van der Waals surface area contributed by atoms with Gasteiger partial charge in [0.2, 0.25) is 0 Å². The van der Waals surface area contributed by atoms with E-state index in [4.69, 9.17) is 0 Å². The van der Waals surface area contributed by atoms with E-state index in [1.807, 2.05) is 42.5 Å². The first-order valence-corrected chi connectivity index (χ1v) is 7.96. The second-order valence-electron chi connectivity index (χ2n) is 5.04. The second kappa shape index (κ2) is 7.02. The number of hydrogen-bond acceptors (Lipinski definition) is 4. The second-order valence-corrected chi connectivity index (χ2v) is 6.07. The highest BCUT2D eigenvalue weighted by molar-refractivity contribution is 7.19. The monoisotopic (exact) mass is 324 g/mol. The quantitative estimate of drug-likeness (QED) is 0.792. The maximum absolute atomic E-state index is 12.2. The Bertz CT molecular complexity index is 774. The summed E-state index contributed by atoms with van der Waals surface area (Å²) in [5.41, 5.74) is 2.07. The smallest absolute Gasteiger partial charge is 0.323 e. The number of aromatic nitrogens is 2. The molecule has 0 bridgehead atoms. The van der Waals surface area contributed by atoms with Crippen LogP contribution in [0.1, 0.15) is 5.56 Å². The molecular formula is C17H16N4OS. The molecule has 0 unspecified atom stereocenters. The highest BCUT2D eigenvalue weighted by Crippen LogP contribution is 2.28. The van der Waals surface area contributed by atoms with Crippen LogP contribution in [-0.2, 0) is 6.54 Å². The third-order valence-electron chi connectivity index (χ3n) is 3.27. The van der Waals surface area contributed by atoms with Gasteiger partial charge in [0.1, 0.15) is 0 Å². The summed E-state index contributed by atoms with van der Waals surface area (Å²) in [4.78, 5) is 23.2. The number of thiazole rings is 1. The zero-order valence-electron chi connectivity index (χ0n) is 12.6. The minimum Gasteiger partial charge on any atom is -0.323 e. The Hall–Kier alpha value is -2.73. The lowest BCUT2D eigenvalue weighted by molar-refractivity contribution is 0.220. The summed E-state index contributed by atoms with van der Waals surface area (Å²) in [6.07, 6.45) is 5.24. The summed E-state index contributed by atoms with van der Waals surface area (Å²) >= 11 is 1.46. The van der Waals surface area contributed by atoms with E-state index in [0.29, 0.717) is 11.7 Å². The van der Waals surface area contributed by atoms with Gasteiger partial charge in [0.15, 0.2) is 5.13 Å². The van der Waals surface area contributed by atoms with Gasteiger partial charge in [0, 0.05) is 32.2 Å². The van der Waals surface area contributed by atoms with E-state index in [1.54, 1.807) is 30.5 Å². The van der Waals surface area contributed by atoms with Gasteiger partial charge < -0.3 is 4.90 Å². The number of rotatable bonds is 4. The van der Waals surface area contributed by atoms with E-state index >= 15 is 0 Å². The molecule has 0 aliphatic heterocycles. The minimum atomic E-state index is -0.192. The fraction of sp³-hybridized carbons (Fsp3) is 0.118. The summed E-state index contributed by atoms with van der Waals surface area (Å²) in [7, 11) is 1.74. The van der Waals surface area contributed by atoms with Crippen LogP contribution in [0, 0.1) is 0 Å². The summed E-state index contributed by atoms with van der Waals surface area (Å²) in [5.74, 6) is 0. The van der Waals surface area contributed by atoms with Crippen molar-refractivity contribution in [1.82, 2.24) is 14.9 Å². The van der Waals surface area contributed by atoms with Crippen molar-refractivity contribution in [1.29, 1.82) is 0 Å². The average Bonchev–Trinajstić information content (AvgIpc) is 3.05. The molecule has 0 spiro atoms. The van der Waals surface area contributed by atoms with Gasteiger partial charge in [-0.1, -0.05) is 47.7 Å². The molecule has 2 amide bonds. The molecule has 0 aliphatic rings. The zero-order valence-corrected chi connectivity index (χ0v) is 13.5. The van der Waals surface area contributed by atoms with Crippen LogP contribution < -0.4 is 5.32 Å². The van der Waals surface area contributed by atoms with E-state index in [9.17, 15) is 4.79 Å². The highest BCUT2D eigenvalue weighted by atomic mass is 32.1. The van der Waals surface area contributed by atoms with Crippen LogP contribution in [0.5, 0.6) is 0 Å². The standard InChI is InChI=1S/C17H16N4OS/c1-21(12-13-6-5-9-18-10-13)17(22)20-16-19-11-15(23-16)14-7-3-2-4-8-14/h2-11H,12H2,1H3,(H,19,20,22). The third-order valence-corrected chi connectivity index (χ3v) is 4.23. The van der Waals surface area contributed by atoms with Crippen LogP contribution in [0.3, 0.4) is 0 Å². The molecule has 3 rings (SSSR count). The maximum Gasteiger partial charge on any atom is 0.323 e. The molecular weight excluding hydrogens is 308 g/mol. The van der Waals surface area contributed by atoms with Crippen LogP contribution in [0.25, 0.3) is 10.4 Å². The van der Waals surface area contributed by atoms with Crippen molar-refractivity contribution < 1.29 is 4.79 Å². The van der Waals surface area contributed by atoms with Gasteiger partial charge in [-0.25, -0.2) is 9.78 Å². The minimum absolute atomic E-state index is 0.192. The van der Waals surface area contributed by atoms with E-state index in [1.165, 1.54) is 11.3 Å². The van der Waals surface area contributed by atoms with E-state index in [-0.39, 0.29) is 6.03 Å². The summed E-state index contributed by atoms with van der Waals surface area (Å²) < 4.78 is 0. The molecule has 1 aromatic carbocycles. The topological polar surface area (TPSA) is 58.1 Å². The van der Waals surface area contributed by atoms with Crippen molar-refractivity contribution in [3.05, 3.63) is 66.6 Å². The number of anilines is 1. The third kappa shape index (κ3) is 3.92. The molecule has 6 heteroatoms. The molecule has 1 N–H and O–H groups in total. The fourth-order valence-corrected chi connectivity index (χ4v) is 2.90. The highest BCUT2D eigenvalue weighted by Gasteiger charge is 2.12. The van der Waals surface area contributed by atoms with Crippen molar-refractivity contribution in [3.63, 3.8) is 0 Å². The van der Waals surface area contributed by atoms with E-state index in [0.717, 1.165) is 16.0 Å². The Balaban J connectivity index is 1.63. The van der Waals surface area contributed by atoms with Gasteiger partial charge >= 0.3 is 6.03 Å². The van der Waals surface area contributed by atoms with Crippen LogP contribution in [0.2, 0.25) is 0 Å². The number of pyridine rings is 1. The summed E-state index contributed by atoms with van der Waals surface area (Å²) in [6, 6.07) is 13.6. The Morgan fingerprint density at radius 2 is 2.00 bits per heavy atom. The van der Waals surface area contributed by atoms with Gasteiger partial charge in [-0.3, -0.25) is 10.3 Å². The van der Waals surface area contributed by atoms with Crippen molar-refractivity contribution in [2.45, 2.75) is 6.54 Å². The first kappa shape index (κ1) is 15.2. The van der Waals surface area contributed by atoms with E-state index < -0.39 is 0 Å². The average molecular weight is 324 g/mol. The van der Waals surface area contributed by atoms with Crippen molar-refractivity contribution in [3.8, 4) is 10.4 Å². The van der Waals surface area contributed by atoms with Crippen molar-refractivity contribution in [2.24, 2.45) is 0 Å². The lowest BCUT2D eigenvalue weighted by Gasteiger charge is -2.16. The van der Waals surface area contributed by atoms with Gasteiger partial charge in [-0.15, -0.1) is 0 Å². The fourth-order valence-electron chi connectivity index (χ4n) is 2.09. The first-order valence-electron chi connectivity index (χ1n) is 7.14. The number of carbonyl (C=O) groups excluding carboxylic acids is 1.